The smallest absolute Gasteiger partial charge is 0.462 e. The molecule has 0 saturated heterocycles. The number of unbranched alkanes of at least 4 members (excludes halogenated alkanes) is 33. The molecule has 19 heteroatoms. The lowest BCUT2D eigenvalue weighted by atomic mass is 10.0. The number of phosphoric acid groups is 2. The highest BCUT2D eigenvalue weighted by Crippen LogP contribution is 2.45. The number of phosphoric ester groups is 2. The van der Waals surface area contributed by atoms with Gasteiger partial charge in [-0.25, -0.2) is 9.13 Å². The molecular weight excluding hydrogens is 1070 g/mol. The molecule has 0 aromatic carbocycles. The summed E-state index contributed by atoms with van der Waals surface area (Å²) in [4.78, 5) is 71.9. The van der Waals surface area contributed by atoms with Crippen LogP contribution < -0.4 is 0 Å². The summed E-state index contributed by atoms with van der Waals surface area (Å²) in [5.74, 6) is -1.44. The van der Waals surface area contributed by atoms with E-state index in [1.165, 1.54) is 109 Å². The first-order valence-electron chi connectivity index (χ1n) is 32.1. The minimum atomic E-state index is -4.94. The number of rotatable bonds is 61. The van der Waals surface area contributed by atoms with Gasteiger partial charge in [-0.2, -0.15) is 0 Å². The maximum absolute atomic E-state index is 12.9. The van der Waals surface area contributed by atoms with Crippen LogP contribution in [0.5, 0.6) is 0 Å². The molecule has 2 unspecified atom stereocenters. The molecule has 0 aliphatic carbocycles. The Morgan fingerprint density at radius 1 is 0.338 bits per heavy atom. The summed E-state index contributed by atoms with van der Waals surface area (Å²) in [5, 5.41) is 10.5. The summed E-state index contributed by atoms with van der Waals surface area (Å²) in [7, 11) is -9.87. The topological polar surface area (TPSA) is 237 Å². The lowest BCUT2D eigenvalue weighted by molar-refractivity contribution is -0.161. The summed E-state index contributed by atoms with van der Waals surface area (Å²) in [6.07, 6.45) is 37.7. The molecule has 0 bridgehead atoms. The van der Waals surface area contributed by atoms with Crippen molar-refractivity contribution in [3.05, 3.63) is 0 Å². The Bertz CT molecular complexity index is 1570. The van der Waals surface area contributed by atoms with Crippen LogP contribution >= 0.6 is 15.6 Å². The first-order chi connectivity index (χ1) is 38.5. The maximum atomic E-state index is 12.9. The van der Waals surface area contributed by atoms with E-state index in [1.54, 1.807) is 0 Å². The number of hydrogen-bond donors (Lipinski definition) is 3. The lowest BCUT2D eigenvalue weighted by Gasteiger charge is -2.21. The zero-order valence-electron chi connectivity index (χ0n) is 51.2. The van der Waals surface area contributed by atoms with Crippen LogP contribution in [0.3, 0.4) is 0 Å². The maximum Gasteiger partial charge on any atom is 0.472 e. The zero-order chi connectivity index (χ0) is 59.2. The largest absolute Gasteiger partial charge is 0.472 e. The fourth-order valence-corrected chi connectivity index (χ4v) is 10.6. The van der Waals surface area contributed by atoms with Crippen LogP contribution in [-0.4, -0.2) is 96.7 Å². The van der Waals surface area contributed by atoms with Crippen molar-refractivity contribution >= 4 is 39.5 Å². The number of aliphatic hydroxyl groups is 1. The average molecular weight is 1190 g/mol. The number of aliphatic hydroxyl groups excluding tert-OH is 1. The third-order valence-corrected chi connectivity index (χ3v) is 15.9. The predicted molar refractivity (Wildman–Crippen MR) is 317 cm³/mol. The van der Waals surface area contributed by atoms with E-state index in [0.717, 1.165) is 109 Å². The standard InChI is InChI=1S/C61H118O17P2/c1-6-9-12-15-18-21-22-23-24-25-26-31-37-42-47-61(66)78-57(51-72-59(64)45-40-35-32-27-28-33-38-43-54(4)5)53-76-80(69,70)74-49-55(62)48-73-79(67,68)75-52-56(77-60(65)46-41-36-30-20-17-14-11-8-3)50-71-58(63)44-39-34-29-19-16-13-10-7-2/h54-57,62H,6-53H2,1-5H3,(H,67,68)(H,69,70)/t55-,56+,57+/m0/s1. The summed E-state index contributed by atoms with van der Waals surface area (Å²) in [6, 6.07) is 0. The summed E-state index contributed by atoms with van der Waals surface area (Å²) in [6.45, 7) is 7.07. The van der Waals surface area contributed by atoms with Gasteiger partial charge in [0.1, 0.15) is 19.3 Å². The molecule has 0 saturated carbocycles. The second-order valence-electron chi connectivity index (χ2n) is 22.6. The van der Waals surface area contributed by atoms with E-state index < -0.39 is 97.5 Å². The van der Waals surface area contributed by atoms with Crippen LogP contribution in [-0.2, 0) is 65.4 Å². The van der Waals surface area contributed by atoms with E-state index in [4.69, 9.17) is 37.0 Å². The number of esters is 4. The molecule has 0 amide bonds. The van der Waals surface area contributed by atoms with Crippen LogP contribution in [0.4, 0.5) is 0 Å². The fraction of sp³-hybridized carbons (Fsp3) is 0.934. The molecule has 0 aliphatic heterocycles. The van der Waals surface area contributed by atoms with Gasteiger partial charge in [-0.1, -0.05) is 253 Å². The lowest BCUT2D eigenvalue weighted by Crippen LogP contribution is -2.30. The Kier molecular flexibility index (Phi) is 53.6. The van der Waals surface area contributed by atoms with Crippen LogP contribution in [0.15, 0.2) is 0 Å². The molecule has 0 radical (unpaired) electrons. The van der Waals surface area contributed by atoms with Crippen molar-refractivity contribution in [3.63, 3.8) is 0 Å². The van der Waals surface area contributed by atoms with Crippen LogP contribution in [0.25, 0.3) is 0 Å². The van der Waals surface area contributed by atoms with E-state index in [-0.39, 0.29) is 25.7 Å². The van der Waals surface area contributed by atoms with E-state index in [2.05, 4.69) is 34.6 Å². The van der Waals surface area contributed by atoms with Crippen LogP contribution in [0, 0.1) is 5.92 Å². The number of hydrogen-bond acceptors (Lipinski definition) is 15. The van der Waals surface area contributed by atoms with Gasteiger partial charge in [0.05, 0.1) is 26.4 Å². The summed E-state index contributed by atoms with van der Waals surface area (Å²) in [5.41, 5.74) is 0. The van der Waals surface area contributed by atoms with Gasteiger partial charge in [-0.3, -0.25) is 37.3 Å². The molecule has 0 rings (SSSR count). The van der Waals surface area contributed by atoms with Crippen molar-refractivity contribution in [1.82, 2.24) is 0 Å². The van der Waals surface area contributed by atoms with Crippen molar-refractivity contribution < 1.29 is 80.2 Å². The molecule has 0 fully saturated rings. The Morgan fingerprint density at radius 3 is 0.850 bits per heavy atom. The molecule has 3 N–H and O–H groups in total. The minimum Gasteiger partial charge on any atom is -0.462 e. The SMILES string of the molecule is CCCCCCCCCCCCCCCCC(=O)O[C@H](COC(=O)CCCCCCCCCC(C)C)COP(=O)(O)OC[C@@H](O)COP(=O)(O)OC[C@@H](COC(=O)CCCCCCCCCC)OC(=O)CCCCCCCCCC. The Hall–Kier alpha value is -1.94. The zero-order valence-corrected chi connectivity index (χ0v) is 53.0. The highest BCUT2D eigenvalue weighted by Gasteiger charge is 2.30. The second kappa shape index (κ2) is 55.0. The Balaban J connectivity index is 5.20. The molecule has 474 valence electrons. The molecule has 0 aliphatic rings. The normalized spacial score (nSPS) is 14.3. The molecule has 0 aromatic rings. The average Bonchev–Trinajstić information content (AvgIpc) is 3.42. The first kappa shape index (κ1) is 78.1. The van der Waals surface area contributed by atoms with E-state index in [1.807, 2.05) is 0 Å². The van der Waals surface area contributed by atoms with Gasteiger partial charge in [0.2, 0.25) is 0 Å². The van der Waals surface area contributed by atoms with E-state index in [0.29, 0.717) is 31.6 Å². The van der Waals surface area contributed by atoms with Crippen molar-refractivity contribution in [2.24, 2.45) is 5.92 Å². The van der Waals surface area contributed by atoms with Gasteiger partial charge in [-0.15, -0.1) is 0 Å². The highest BCUT2D eigenvalue weighted by molar-refractivity contribution is 7.47. The minimum absolute atomic E-state index is 0.105. The third-order valence-electron chi connectivity index (χ3n) is 14.0. The Morgan fingerprint density at radius 2 is 0.575 bits per heavy atom. The first-order valence-corrected chi connectivity index (χ1v) is 35.1. The highest BCUT2D eigenvalue weighted by atomic mass is 31.2. The third kappa shape index (κ3) is 55.3. The molecule has 0 heterocycles. The van der Waals surface area contributed by atoms with Gasteiger partial charge < -0.3 is 33.8 Å². The van der Waals surface area contributed by atoms with Crippen LogP contribution in [0.1, 0.15) is 304 Å². The molecule has 0 aromatic heterocycles. The predicted octanol–water partition coefficient (Wildman–Crippen LogP) is 16.6. The van der Waals surface area contributed by atoms with Gasteiger partial charge in [0, 0.05) is 25.7 Å². The van der Waals surface area contributed by atoms with Gasteiger partial charge in [0.25, 0.3) is 0 Å². The van der Waals surface area contributed by atoms with Crippen LogP contribution in [0.2, 0.25) is 0 Å². The molecule has 17 nitrogen and oxygen atoms in total. The Labute approximate surface area is 486 Å². The number of carbonyl (C=O) groups excluding carboxylic acids is 4. The monoisotopic (exact) mass is 1180 g/mol. The van der Waals surface area contributed by atoms with Crippen molar-refractivity contribution in [2.75, 3.05) is 39.6 Å². The summed E-state index contributed by atoms with van der Waals surface area (Å²) < 4.78 is 67.7. The van der Waals surface area contributed by atoms with Gasteiger partial charge in [-0.05, 0) is 31.6 Å². The summed E-state index contributed by atoms with van der Waals surface area (Å²) >= 11 is 0. The van der Waals surface area contributed by atoms with E-state index in [9.17, 15) is 43.2 Å². The van der Waals surface area contributed by atoms with Gasteiger partial charge >= 0.3 is 39.5 Å². The quantitative estimate of drug-likeness (QED) is 0.0222. The molecule has 5 atom stereocenters. The van der Waals surface area contributed by atoms with Crippen molar-refractivity contribution in [2.45, 2.75) is 323 Å². The number of ether oxygens (including phenoxy) is 4. The number of carbonyl (C=O) groups is 4. The molecule has 80 heavy (non-hydrogen) atoms. The van der Waals surface area contributed by atoms with Gasteiger partial charge in [0.15, 0.2) is 12.2 Å². The fourth-order valence-electron chi connectivity index (χ4n) is 9.05. The molecular formula is C61H118O17P2. The van der Waals surface area contributed by atoms with Crippen molar-refractivity contribution in [1.29, 1.82) is 0 Å². The molecule has 0 spiro atoms. The van der Waals surface area contributed by atoms with Crippen molar-refractivity contribution in [3.8, 4) is 0 Å². The van der Waals surface area contributed by atoms with E-state index >= 15 is 0 Å². The second-order valence-corrected chi connectivity index (χ2v) is 25.5.